The lowest BCUT2D eigenvalue weighted by Gasteiger charge is -2.26. The third-order valence-corrected chi connectivity index (χ3v) is 7.00. The molecule has 0 radical (unpaired) electrons. The number of benzene rings is 1. The zero-order valence-electron chi connectivity index (χ0n) is 19.1. The fourth-order valence-corrected chi connectivity index (χ4v) is 4.69. The molecule has 0 saturated heterocycles. The molecule has 1 saturated carbocycles. The van der Waals surface area contributed by atoms with Crippen LogP contribution in [0.3, 0.4) is 0 Å². The van der Waals surface area contributed by atoms with Crippen LogP contribution in [0, 0.1) is 5.82 Å². The molecule has 11 heteroatoms. The number of rotatable bonds is 6. The minimum Gasteiger partial charge on any atom is -0.474 e. The summed E-state index contributed by atoms with van der Waals surface area (Å²) in [6.07, 6.45) is 7.88. The van der Waals surface area contributed by atoms with Crippen LogP contribution in [-0.2, 0) is 10.8 Å². The highest BCUT2D eigenvalue weighted by atomic mass is 32.2. The maximum absolute atomic E-state index is 14.7. The van der Waals surface area contributed by atoms with Gasteiger partial charge in [-0.3, -0.25) is 4.21 Å². The quantitative estimate of drug-likeness (QED) is 0.398. The molecule has 178 valence electrons. The first-order chi connectivity index (χ1) is 16.4. The smallest absolute Gasteiger partial charge is 0.229 e. The Balaban J connectivity index is 1.32. The molecule has 0 aliphatic heterocycles. The fourth-order valence-electron chi connectivity index (χ4n) is 4.16. The van der Waals surface area contributed by atoms with E-state index in [0.717, 1.165) is 31.5 Å². The maximum atomic E-state index is 14.7. The highest BCUT2D eigenvalue weighted by molar-refractivity contribution is 7.84. The molecule has 0 amide bonds. The number of aromatic nitrogens is 6. The number of hydrogen-bond acceptors (Lipinski definition) is 8. The highest BCUT2D eigenvalue weighted by Gasteiger charge is 2.28. The summed E-state index contributed by atoms with van der Waals surface area (Å²) in [5.41, 5.74) is 0.657. The lowest BCUT2D eigenvalue weighted by molar-refractivity contribution is 0.135. The van der Waals surface area contributed by atoms with Crippen LogP contribution in [0.4, 0.5) is 4.39 Å². The molecule has 9 nitrogen and oxygen atoms in total. The zero-order valence-corrected chi connectivity index (χ0v) is 20.0. The van der Waals surface area contributed by atoms with Gasteiger partial charge in [-0.15, -0.1) is 0 Å². The summed E-state index contributed by atoms with van der Waals surface area (Å²) >= 11 is 0. The second kappa shape index (κ2) is 9.21. The Hall–Kier alpha value is -3.21. The van der Waals surface area contributed by atoms with Gasteiger partial charge in [-0.25, -0.2) is 19.0 Å². The van der Waals surface area contributed by atoms with Gasteiger partial charge in [0, 0.05) is 33.8 Å². The standard InChI is InChI=1S/C23H25FN6O3S/c1-13(2)20-28-22(33-29-20)14-4-6-15(7-5-14)32-23-17-11-27-30(21(17)25-12-26-23)19-9-8-16(34(3)31)10-18(19)24/h8-15H,4-7H2,1-3H3. The molecule has 34 heavy (non-hydrogen) atoms. The molecular weight excluding hydrogens is 459 g/mol. The molecule has 0 N–H and O–H groups in total. The molecule has 5 rings (SSSR count). The number of nitrogens with zero attached hydrogens (tertiary/aromatic N) is 6. The summed E-state index contributed by atoms with van der Waals surface area (Å²) in [5.74, 6) is 1.80. The second-order valence-electron chi connectivity index (χ2n) is 8.78. The monoisotopic (exact) mass is 484 g/mol. The molecule has 3 aromatic heterocycles. The SMILES string of the molecule is CC(C)c1noc(C2CCC(Oc3ncnc4c3cnn4-c3ccc(S(C)=O)cc3F)CC2)n1. The van der Waals surface area contributed by atoms with E-state index >= 15 is 0 Å². The van der Waals surface area contributed by atoms with Crippen LogP contribution >= 0.6 is 0 Å². The topological polar surface area (TPSA) is 109 Å². The van der Waals surface area contributed by atoms with Crippen molar-refractivity contribution in [2.45, 2.75) is 62.4 Å². The summed E-state index contributed by atoms with van der Waals surface area (Å²) in [6, 6.07) is 4.42. The van der Waals surface area contributed by atoms with Gasteiger partial charge >= 0.3 is 0 Å². The Kier molecular flexibility index (Phi) is 6.11. The van der Waals surface area contributed by atoms with Crippen molar-refractivity contribution in [1.82, 2.24) is 29.9 Å². The molecule has 1 aliphatic rings. The van der Waals surface area contributed by atoms with E-state index in [1.807, 2.05) is 13.8 Å². The Morgan fingerprint density at radius 2 is 2.00 bits per heavy atom. The van der Waals surface area contributed by atoms with Crippen molar-refractivity contribution in [3.8, 4) is 11.6 Å². The van der Waals surface area contributed by atoms with Crippen LogP contribution in [0.25, 0.3) is 16.7 Å². The minimum atomic E-state index is -1.27. The van der Waals surface area contributed by atoms with Gasteiger partial charge in [0.15, 0.2) is 11.5 Å². The van der Waals surface area contributed by atoms with Crippen molar-refractivity contribution in [3.63, 3.8) is 0 Å². The van der Waals surface area contributed by atoms with E-state index in [0.29, 0.717) is 27.7 Å². The van der Waals surface area contributed by atoms with E-state index in [1.165, 1.54) is 23.3 Å². The third kappa shape index (κ3) is 4.31. The fraction of sp³-hybridized carbons (Fsp3) is 0.435. The van der Waals surface area contributed by atoms with Gasteiger partial charge in [0.2, 0.25) is 11.8 Å². The maximum Gasteiger partial charge on any atom is 0.229 e. The van der Waals surface area contributed by atoms with E-state index < -0.39 is 16.6 Å². The lowest BCUT2D eigenvalue weighted by atomic mass is 9.87. The van der Waals surface area contributed by atoms with Gasteiger partial charge in [-0.05, 0) is 43.9 Å². The van der Waals surface area contributed by atoms with Crippen LogP contribution < -0.4 is 4.74 Å². The molecular formula is C23H25FN6O3S. The van der Waals surface area contributed by atoms with E-state index in [2.05, 4.69) is 25.2 Å². The van der Waals surface area contributed by atoms with Crippen molar-refractivity contribution in [2.75, 3.05) is 6.26 Å². The molecule has 0 spiro atoms. The van der Waals surface area contributed by atoms with Crippen LogP contribution in [0.5, 0.6) is 5.88 Å². The van der Waals surface area contributed by atoms with E-state index in [4.69, 9.17) is 9.26 Å². The summed E-state index contributed by atoms with van der Waals surface area (Å²) in [4.78, 5) is 13.5. The van der Waals surface area contributed by atoms with Gasteiger partial charge < -0.3 is 9.26 Å². The number of fused-ring (bicyclic) bond motifs is 1. The van der Waals surface area contributed by atoms with Crippen molar-refractivity contribution >= 4 is 21.8 Å². The molecule has 1 aromatic carbocycles. The Labute approximate surface area is 198 Å². The summed E-state index contributed by atoms with van der Waals surface area (Å²) in [5, 5.41) is 8.99. The number of hydrogen-bond donors (Lipinski definition) is 0. The predicted molar refractivity (Wildman–Crippen MR) is 123 cm³/mol. The van der Waals surface area contributed by atoms with Crippen LogP contribution in [0.2, 0.25) is 0 Å². The number of ether oxygens (including phenoxy) is 1. The Morgan fingerprint density at radius 1 is 1.21 bits per heavy atom. The Bertz CT molecular complexity index is 1350. The van der Waals surface area contributed by atoms with Crippen LogP contribution in [-0.4, -0.2) is 46.5 Å². The van der Waals surface area contributed by atoms with Gasteiger partial charge in [0.05, 0.1) is 6.20 Å². The highest BCUT2D eigenvalue weighted by Crippen LogP contribution is 2.35. The van der Waals surface area contributed by atoms with Crippen molar-refractivity contribution < 1.29 is 17.9 Å². The predicted octanol–water partition coefficient (Wildman–Crippen LogP) is 4.30. The van der Waals surface area contributed by atoms with Crippen LogP contribution in [0.15, 0.2) is 40.1 Å². The summed E-state index contributed by atoms with van der Waals surface area (Å²) in [7, 11) is -1.27. The normalized spacial score (nSPS) is 19.6. The minimum absolute atomic E-state index is 0.0132. The van der Waals surface area contributed by atoms with E-state index in [1.54, 1.807) is 18.3 Å². The van der Waals surface area contributed by atoms with Crippen LogP contribution in [0.1, 0.15) is 63.1 Å². The summed E-state index contributed by atoms with van der Waals surface area (Å²) in [6.45, 7) is 4.08. The number of halogens is 1. The Morgan fingerprint density at radius 3 is 2.68 bits per heavy atom. The first kappa shape index (κ1) is 22.6. The molecule has 1 aliphatic carbocycles. The molecule has 1 fully saturated rings. The van der Waals surface area contributed by atoms with Crippen molar-refractivity contribution in [2.24, 2.45) is 0 Å². The van der Waals surface area contributed by atoms with Gasteiger partial charge in [-0.1, -0.05) is 19.0 Å². The summed E-state index contributed by atoms with van der Waals surface area (Å²) < 4.78 is 39.4. The van der Waals surface area contributed by atoms with Gasteiger partial charge in [0.25, 0.3) is 0 Å². The van der Waals surface area contributed by atoms with Gasteiger partial charge in [0.1, 0.15) is 29.3 Å². The average Bonchev–Trinajstić information content (AvgIpc) is 3.48. The molecule has 0 bridgehead atoms. The third-order valence-electron chi connectivity index (χ3n) is 6.08. The van der Waals surface area contributed by atoms with Crippen molar-refractivity contribution in [1.29, 1.82) is 0 Å². The first-order valence-electron chi connectivity index (χ1n) is 11.2. The van der Waals surface area contributed by atoms with E-state index in [9.17, 15) is 8.60 Å². The molecule has 1 unspecified atom stereocenters. The first-order valence-corrected chi connectivity index (χ1v) is 12.8. The average molecular weight is 485 g/mol. The van der Waals surface area contributed by atoms with Gasteiger partial charge in [-0.2, -0.15) is 10.1 Å². The molecule has 4 aromatic rings. The lowest BCUT2D eigenvalue weighted by Crippen LogP contribution is -2.24. The second-order valence-corrected chi connectivity index (χ2v) is 10.2. The zero-order chi connectivity index (χ0) is 23.8. The largest absolute Gasteiger partial charge is 0.474 e. The molecule has 1 atom stereocenters. The van der Waals surface area contributed by atoms with E-state index in [-0.39, 0.29) is 23.6 Å². The van der Waals surface area contributed by atoms with Crippen molar-refractivity contribution in [3.05, 3.63) is 48.3 Å². The molecule has 3 heterocycles.